The van der Waals surface area contributed by atoms with Gasteiger partial charge >= 0.3 is 5.97 Å². The zero-order chi connectivity index (χ0) is 14.0. The van der Waals surface area contributed by atoms with Crippen molar-refractivity contribution in [3.63, 3.8) is 0 Å². The van der Waals surface area contributed by atoms with Gasteiger partial charge in [0, 0.05) is 25.4 Å². The number of carboxylic acid groups (broad SMARTS) is 1. The number of benzene rings is 1. The van der Waals surface area contributed by atoms with Gasteiger partial charge in [-0.2, -0.15) is 0 Å². The van der Waals surface area contributed by atoms with Gasteiger partial charge in [-0.15, -0.1) is 0 Å². The quantitative estimate of drug-likeness (QED) is 0.893. The Bertz CT molecular complexity index is 451. The van der Waals surface area contributed by atoms with Crippen LogP contribution in [-0.4, -0.2) is 34.5 Å². The number of hydrogen-bond donors (Lipinski definition) is 1. The number of nitrogens with zero attached hydrogens (tertiary/aromatic N) is 1. The van der Waals surface area contributed by atoms with E-state index in [1.54, 1.807) is 24.3 Å². The van der Waals surface area contributed by atoms with Gasteiger partial charge in [0.05, 0.1) is 5.56 Å². The summed E-state index contributed by atoms with van der Waals surface area (Å²) in [6.07, 6.45) is -0.151. The van der Waals surface area contributed by atoms with Gasteiger partial charge in [0.15, 0.2) is 0 Å². The van der Waals surface area contributed by atoms with Crippen LogP contribution in [0.25, 0.3) is 0 Å². The SMILES string of the molecule is CCN(Cc1ccc(C(=O)O)cc1)C1CC(F)(F)C1. The van der Waals surface area contributed by atoms with Gasteiger partial charge in [0.25, 0.3) is 5.92 Å². The number of carboxylic acids is 1. The highest BCUT2D eigenvalue weighted by Gasteiger charge is 2.47. The molecule has 1 aromatic rings. The van der Waals surface area contributed by atoms with Gasteiger partial charge in [0.1, 0.15) is 0 Å². The first kappa shape index (κ1) is 13.9. The van der Waals surface area contributed by atoms with Gasteiger partial charge in [-0.25, -0.2) is 13.6 Å². The Morgan fingerprint density at radius 1 is 1.37 bits per heavy atom. The molecule has 1 aromatic carbocycles. The third-order valence-corrected chi connectivity index (χ3v) is 3.58. The molecule has 1 aliphatic carbocycles. The maximum absolute atomic E-state index is 12.9. The van der Waals surface area contributed by atoms with Crippen LogP contribution in [0.1, 0.15) is 35.7 Å². The fraction of sp³-hybridized carbons (Fsp3) is 0.500. The minimum Gasteiger partial charge on any atom is -0.478 e. The molecule has 1 saturated carbocycles. The van der Waals surface area contributed by atoms with E-state index in [2.05, 4.69) is 0 Å². The summed E-state index contributed by atoms with van der Waals surface area (Å²) in [5.41, 5.74) is 1.18. The number of aromatic carboxylic acids is 1. The van der Waals surface area contributed by atoms with Crippen LogP contribution in [-0.2, 0) is 6.54 Å². The molecule has 2 rings (SSSR count). The highest BCUT2D eigenvalue weighted by atomic mass is 19.3. The molecule has 0 atom stereocenters. The Hall–Kier alpha value is -1.49. The van der Waals surface area contributed by atoms with Crippen LogP contribution >= 0.6 is 0 Å². The van der Waals surface area contributed by atoms with Crippen LogP contribution in [0.5, 0.6) is 0 Å². The van der Waals surface area contributed by atoms with Gasteiger partial charge < -0.3 is 5.11 Å². The molecule has 0 bridgehead atoms. The fourth-order valence-corrected chi connectivity index (χ4v) is 2.37. The molecular formula is C14H17F2NO2. The molecule has 0 aliphatic heterocycles. The Labute approximate surface area is 110 Å². The van der Waals surface area contributed by atoms with Gasteiger partial charge in [-0.1, -0.05) is 19.1 Å². The molecule has 0 unspecified atom stereocenters. The van der Waals surface area contributed by atoms with Crippen molar-refractivity contribution in [2.75, 3.05) is 6.54 Å². The number of rotatable bonds is 5. The molecule has 0 aromatic heterocycles. The lowest BCUT2D eigenvalue weighted by molar-refractivity contribution is -0.125. The second-order valence-corrected chi connectivity index (χ2v) is 4.98. The molecule has 1 aliphatic rings. The minimum absolute atomic E-state index is 0.0702. The largest absolute Gasteiger partial charge is 0.478 e. The van der Waals surface area contributed by atoms with Crippen molar-refractivity contribution < 1.29 is 18.7 Å². The monoisotopic (exact) mass is 269 g/mol. The van der Waals surface area contributed by atoms with Crippen LogP contribution in [0, 0.1) is 0 Å². The highest BCUT2D eigenvalue weighted by Crippen LogP contribution is 2.40. The third-order valence-electron chi connectivity index (χ3n) is 3.58. The van der Waals surface area contributed by atoms with Crippen LogP contribution in [0.3, 0.4) is 0 Å². The zero-order valence-electron chi connectivity index (χ0n) is 10.8. The molecule has 1 fully saturated rings. The molecule has 0 amide bonds. The van der Waals surface area contributed by atoms with Crippen molar-refractivity contribution in [2.45, 2.75) is 38.3 Å². The summed E-state index contributed by atoms with van der Waals surface area (Å²) in [7, 11) is 0. The van der Waals surface area contributed by atoms with Gasteiger partial charge in [-0.05, 0) is 24.2 Å². The Kier molecular flexibility index (Phi) is 3.85. The van der Waals surface area contributed by atoms with Crippen LogP contribution in [0.2, 0.25) is 0 Å². The van der Waals surface area contributed by atoms with E-state index >= 15 is 0 Å². The van der Waals surface area contributed by atoms with Crippen molar-refractivity contribution in [3.05, 3.63) is 35.4 Å². The first-order valence-corrected chi connectivity index (χ1v) is 6.35. The summed E-state index contributed by atoms with van der Waals surface area (Å²) in [6, 6.07) is 6.49. The minimum atomic E-state index is -2.51. The van der Waals surface area contributed by atoms with Crippen molar-refractivity contribution in [1.29, 1.82) is 0 Å². The first-order valence-electron chi connectivity index (χ1n) is 6.35. The number of halogens is 2. The second kappa shape index (κ2) is 5.25. The Morgan fingerprint density at radius 2 is 1.95 bits per heavy atom. The van der Waals surface area contributed by atoms with Crippen molar-refractivity contribution in [3.8, 4) is 0 Å². The van der Waals surface area contributed by atoms with Crippen molar-refractivity contribution in [1.82, 2.24) is 4.90 Å². The molecular weight excluding hydrogens is 252 g/mol. The zero-order valence-corrected chi connectivity index (χ0v) is 10.8. The summed E-state index contributed by atoms with van der Waals surface area (Å²) in [6.45, 7) is 3.24. The van der Waals surface area contributed by atoms with E-state index in [-0.39, 0.29) is 24.4 Å². The molecule has 0 heterocycles. The molecule has 19 heavy (non-hydrogen) atoms. The summed E-state index contributed by atoms with van der Waals surface area (Å²) in [4.78, 5) is 12.7. The molecule has 104 valence electrons. The van der Waals surface area contributed by atoms with Crippen molar-refractivity contribution >= 4 is 5.97 Å². The lowest BCUT2D eigenvalue weighted by Gasteiger charge is -2.42. The van der Waals surface area contributed by atoms with E-state index in [0.29, 0.717) is 13.1 Å². The predicted molar refractivity (Wildman–Crippen MR) is 67.5 cm³/mol. The van der Waals surface area contributed by atoms with Crippen LogP contribution in [0.4, 0.5) is 8.78 Å². The average molecular weight is 269 g/mol. The number of alkyl halides is 2. The molecule has 0 radical (unpaired) electrons. The average Bonchev–Trinajstić information content (AvgIpc) is 2.33. The van der Waals surface area contributed by atoms with E-state index in [1.165, 1.54) is 0 Å². The Morgan fingerprint density at radius 3 is 2.37 bits per heavy atom. The normalized spacial score (nSPS) is 18.3. The van der Waals surface area contributed by atoms with Gasteiger partial charge in [0.2, 0.25) is 0 Å². The summed E-state index contributed by atoms with van der Waals surface area (Å²) < 4.78 is 25.7. The maximum Gasteiger partial charge on any atom is 0.335 e. The Balaban J connectivity index is 1.97. The molecule has 0 saturated heterocycles. The number of carbonyl (C=O) groups is 1. The standard InChI is InChI=1S/C14H17F2NO2/c1-2-17(12-7-14(15,16)8-12)9-10-3-5-11(6-4-10)13(18)19/h3-6,12H,2,7-9H2,1H3,(H,18,19). The van der Waals surface area contributed by atoms with Crippen molar-refractivity contribution in [2.24, 2.45) is 0 Å². The second-order valence-electron chi connectivity index (χ2n) is 4.98. The maximum atomic E-state index is 12.9. The lowest BCUT2D eigenvalue weighted by atomic mass is 9.86. The molecule has 5 heteroatoms. The predicted octanol–water partition coefficient (Wildman–Crippen LogP) is 3.00. The van der Waals surface area contributed by atoms with E-state index < -0.39 is 11.9 Å². The van der Waals surface area contributed by atoms with E-state index in [1.807, 2.05) is 11.8 Å². The number of hydrogen-bond acceptors (Lipinski definition) is 2. The fourth-order valence-electron chi connectivity index (χ4n) is 2.37. The highest BCUT2D eigenvalue weighted by molar-refractivity contribution is 5.87. The van der Waals surface area contributed by atoms with Crippen LogP contribution in [0.15, 0.2) is 24.3 Å². The van der Waals surface area contributed by atoms with E-state index in [9.17, 15) is 13.6 Å². The van der Waals surface area contributed by atoms with Gasteiger partial charge in [-0.3, -0.25) is 4.90 Å². The van der Waals surface area contributed by atoms with E-state index in [0.717, 1.165) is 5.56 Å². The molecule has 3 nitrogen and oxygen atoms in total. The van der Waals surface area contributed by atoms with E-state index in [4.69, 9.17) is 5.11 Å². The smallest absolute Gasteiger partial charge is 0.335 e. The van der Waals surface area contributed by atoms with Crippen LogP contribution < -0.4 is 0 Å². The lowest BCUT2D eigenvalue weighted by Crippen LogP contribution is -2.50. The molecule has 1 N–H and O–H groups in total. The summed E-state index contributed by atoms with van der Waals surface area (Å²) in [5, 5.41) is 8.80. The summed E-state index contributed by atoms with van der Waals surface area (Å²) in [5.74, 6) is -3.47. The summed E-state index contributed by atoms with van der Waals surface area (Å²) >= 11 is 0. The first-order chi connectivity index (χ1) is 8.91. The topological polar surface area (TPSA) is 40.5 Å². The third kappa shape index (κ3) is 3.29. The molecule has 0 spiro atoms.